The Morgan fingerprint density at radius 1 is 1.40 bits per heavy atom. The molecule has 0 saturated carbocycles. The first-order valence-corrected chi connectivity index (χ1v) is 6.85. The summed E-state index contributed by atoms with van der Waals surface area (Å²) in [5.41, 5.74) is 1.90. The molecule has 0 bridgehead atoms. The average Bonchev–Trinajstić information content (AvgIpc) is 2.86. The second-order valence-electron chi connectivity index (χ2n) is 4.75. The fourth-order valence-electron chi connectivity index (χ4n) is 2.47. The maximum absolute atomic E-state index is 12.3. The molecule has 2 amide bonds. The van der Waals surface area contributed by atoms with E-state index in [4.69, 9.17) is 4.74 Å². The molecule has 0 aliphatic carbocycles. The van der Waals surface area contributed by atoms with Gasteiger partial charge in [-0.3, -0.25) is 14.5 Å². The topological polar surface area (TPSA) is 58.6 Å². The third-order valence-corrected chi connectivity index (χ3v) is 3.46. The monoisotopic (exact) mass is 276 g/mol. The van der Waals surface area contributed by atoms with Gasteiger partial charge in [-0.2, -0.15) is 0 Å². The lowest BCUT2D eigenvalue weighted by Gasteiger charge is -2.24. The minimum atomic E-state index is -0.447. The van der Waals surface area contributed by atoms with Crippen molar-refractivity contribution in [2.24, 2.45) is 0 Å². The van der Waals surface area contributed by atoms with Gasteiger partial charge in [0.15, 0.2) is 0 Å². The molecule has 0 radical (unpaired) electrons. The van der Waals surface area contributed by atoms with E-state index < -0.39 is 6.04 Å². The number of nitrogens with zero attached hydrogens (tertiary/aromatic N) is 1. The molecule has 2 rings (SSSR count). The highest BCUT2D eigenvalue weighted by Crippen LogP contribution is 2.32. The number of ether oxygens (including phenoxy) is 1. The van der Waals surface area contributed by atoms with Gasteiger partial charge in [0.2, 0.25) is 11.8 Å². The summed E-state index contributed by atoms with van der Waals surface area (Å²) in [7, 11) is 1.59. The number of hydrogen-bond donors (Lipinski definition) is 1. The van der Waals surface area contributed by atoms with Crippen molar-refractivity contribution in [1.29, 1.82) is 0 Å². The third-order valence-electron chi connectivity index (χ3n) is 3.46. The Bertz CT molecular complexity index is 502. The van der Waals surface area contributed by atoms with Crippen molar-refractivity contribution >= 4 is 17.5 Å². The molecular formula is C15H20N2O3. The number of nitrogens with one attached hydrogen (secondary N) is 1. The number of carbonyl (C=O) groups excluding carboxylic acids is 2. The number of benzene rings is 1. The number of hydrogen-bond acceptors (Lipinski definition) is 3. The molecule has 1 aliphatic heterocycles. The van der Waals surface area contributed by atoms with Gasteiger partial charge in [0, 0.05) is 32.2 Å². The Morgan fingerprint density at radius 3 is 2.85 bits per heavy atom. The molecule has 0 saturated heterocycles. The molecule has 0 aromatic heterocycles. The SMILES string of the molecule is CCC(=O)N1c2ccccc2C[C@H]1C(=O)NCCOC. The first kappa shape index (κ1) is 14.5. The summed E-state index contributed by atoms with van der Waals surface area (Å²) in [4.78, 5) is 26.0. The average molecular weight is 276 g/mol. The molecule has 1 aromatic carbocycles. The zero-order valence-corrected chi connectivity index (χ0v) is 11.9. The van der Waals surface area contributed by atoms with Crippen LogP contribution in [-0.4, -0.2) is 38.1 Å². The van der Waals surface area contributed by atoms with E-state index in [0.717, 1.165) is 11.3 Å². The highest BCUT2D eigenvalue weighted by Gasteiger charge is 2.37. The minimum Gasteiger partial charge on any atom is -0.383 e. The van der Waals surface area contributed by atoms with Crippen molar-refractivity contribution in [1.82, 2.24) is 5.32 Å². The van der Waals surface area contributed by atoms with Gasteiger partial charge in [0.05, 0.1) is 6.61 Å². The summed E-state index contributed by atoms with van der Waals surface area (Å²) in [6.07, 6.45) is 0.955. The largest absolute Gasteiger partial charge is 0.383 e. The summed E-state index contributed by atoms with van der Waals surface area (Å²) in [5, 5.41) is 2.81. The van der Waals surface area contributed by atoms with Gasteiger partial charge in [-0.15, -0.1) is 0 Å². The second-order valence-corrected chi connectivity index (χ2v) is 4.75. The number of carbonyl (C=O) groups is 2. The van der Waals surface area contributed by atoms with Crippen LogP contribution in [0.2, 0.25) is 0 Å². The molecule has 1 aromatic rings. The second kappa shape index (κ2) is 6.52. The van der Waals surface area contributed by atoms with Crippen molar-refractivity contribution in [3.05, 3.63) is 29.8 Å². The first-order chi connectivity index (χ1) is 9.69. The highest BCUT2D eigenvalue weighted by molar-refractivity contribution is 6.03. The van der Waals surface area contributed by atoms with E-state index in [1.807, 2.05) is 31.2 Å². The lowest BCUT2D eigenvalue weighted by atomic mass is 10.1. The number of anilines is 1. The lowest BCUT2D eigenvalue weighted by Crippen LogP contribution is -2.48. The van der Waals surface area contributed by atoms with Crippen molar-refractivity contribution in [3.63, 3.8) is 0 Å². The van der Waals surface area contributed by atoms with Gasteiger partial charge < -0.3 is 10.1 Å². The van der Waals surface area contributed by atoms with Crippen LogP contribution in [-0.2, 0) is 20.7 Å². The Hall–Kier alpha value is -1.88. The molecule has 108 valence electrons. The van der Waals surface area contributed by atoms with Crippen LogP contribution in [0.25, 0.3) is 0 Å². The van der Waals surface area contributed by atoms with Gasteiger partial charge in [0.25, 0.3) is 0 Å². The Kier molecular flexibility index (Phi) is 4.74. The molecule has 1 aliphatic rings. The van der Waals surface area contributed by atoms with Crippen molar-refractivity contribution in [2.45, 2.75) is 25.8 Å². The zero-order valence-electron chi connectivity index (χ0n) is 11.9. The number of amides is 2. The number of rotatable bonds is 5. The number of methoxy groups -OCH3 is 1. The molecule has 0 unspecified atom stereocenters. The normalized spacial score (nSPS) is 16.9. The Morgan fingerprint density at radius 2 is 2.15 bits per heavy atom. The van der Waals surface area contributed by atoms with Crippen LogP contribution in [0.5, 0.6) is 0 Å². The van der Waals surface area contributed by atoms with E-state index >= 15 is 0 Å². The van der Waals surface area contributed by atoms with Crippen LogP contribution in [0.3, 0.4) is 0 Å². The molecular weight excluding hydrogens is 256 g/mol. The summed E-state index contributed by atoms with van der Waals surface area (Å²) in [5.74, 6) is -0.151. The van der Waals surface area contributed by atoms with Crippen LogP contribution in [0.4, 0.5) is 5.69 Å². The summed E-state index contributed by atoms with van der Waals surface area (Å²) < 4.78 is 4.92. The summed E-state index contributed by atoms with van der Waals surface area (Å²) in [6.45, 7) is 2.73. The number of fused-ring (bicyclic) bond motifs is 1. The zero-order chi connectivity index (χ0) is 14.5. The molecule has 0 fully saturated rings. The molecule has 20 heavy (non-hydrogen) atoms. The molecule has 1 heterocycles. The van der Waals surface area contributed by atoms with E-state index in [0.29, 0.717) is 26.0 Å². The summed E-state index contributed by atoms with van der Waals surface area (Å²) >= 11 is 0. The fourth-order valence-corrected chi connectivity index (χ4v) is 2.47. The van der Waals surface area contributed by atoms with Crippen LogP contribution in [0.15, 0.2) is 24.3 Å². The lowest BCUT2D eigenvalue weighted by molar-refractivity contribution is -0.126. The Balaban J connectivity index is 2.17. The molecule has 1 N–H and O–H groups in total. The smallest absolute Gasteiger partial charge is 0.243 e. The van der Waals surface area contributed by atoms with Gasteiger partial charge >= 0.3 is 0 Å². The maximum Gasteiger partial charge on any atom is 0.243 e. The molecule has 1 atom stereocenters. The predicted octanol–water partition coefficient (Wildman–Crippen LogP) is 1.12. The van der Waals surface area contributed by atoms with Crippen molar-refractivity contribution in [3.8, 4) is 0 Å². The van der Waals surface area contributed by atoms with E-state index in [-0.39, 0.29) is 11.8 Å². The van der Waals surface area contributed by atoms with Gasteiger partial charge in [-0.05, 0) is 11.6 Å². The predicted molar refractivity (Wildman–Crippen MR) is 76.6 cm³/mol. The van der Waals surface area contributed by atoms with E-state index in [1.54, 1.807) is 12.0 Å². The number of para-hydroxylation sites is 1. The van der Waals surface area contributed by atoms with E-state index in [1.165, 1.54) is 0 Å². The molecule has 5 heteroatoms. The van der Waals surface area contributed by atoms with Crippen molar-refractivity contribution < 1.29 is 14.3 Å². The van der Waals surface area contributed by atoms with Crippen LogP contribution in [0, 0.1) is 0 Å². The molecule has 5 nitrogen and oxygen atoms in total. The fraction of sp³-hybridized carbons (Fsp3) is 0.467. The van der Waals surface area contributed by atoms with Gasteiger partial charge in [-0.25, -0.2) is 0 Å². The van der Waals surface area contributed by atoms with Gasteiger partial charge in [-0.1, -0.05) is 25.1 Å². The van der Waals surface area contributed by atoms with Crippen LogP contribution < -0.4 is 10.2 Å². The minimum absolute atomic E-state index is 0.0261. The van der Waals surface area contributed by atoms with Crippen molar-refractivity contribution in [2.75, 3.05) is 25.2 Å². The summed E-state index contributed by atoms with van der Waals surface area (Å²) in [6, 6.07) is 7.23. The quantitative estimate of drug-likeness (QED) is 0.820. The Labute approximate surface area is 118 Å². The first-order valence-electron chi connectivity index (χ1n) is 6.85. The van der Waals surface area contributed by atoms with Crippen LogP contribution in [0.1, 0.15) is 18.9 Å². The maximum atomic E-state index is 12.3. The van der Waals surface area contributed by atoms with E-state index in [9.17, 15) is 9.59 Å². The van der Waals surface area contributed by atoms with Crippen LogP contribution >= 0.6 is 0 Å². The highest BCUT2D eigenvalue weighted by atomic mass is 16.5. The third kappa shape index (κ3) is 2.82. The molecule has 0 spiro atoms. The van der Waals surface area contributed by atoms with E-state index in [2.05, 4.69) is 5.32 Å². The standard InChI is InChI=1S/C15H20N2O3/c1-3-14(18)17-12-7-5-4-6-11(12)10-13(17)15(19)16-8-9-20-2/h4-7,13H,3,8-10H2,1-2H3,(H,16,19)/t13-/m0/s1. The van der Waals surface area contributed by atoms with Gasteiger partial charge in [0.1, 0.15) is 6.04 Å².